The Morgan fingerprint density at radius 2 is 1.86 bits per heavy atom. The standard InChI is InChI=1S/C14H19F3N2OS/c1-13(2,3)11(18)12(20)19-9-6-4-5-7-10(9)21-8-14(15,16)17/h4-7,11H,8,18H2,1-3H3,(H,19,20). The highest BCUT2D eigenvalue weighted by Gasteiger charge is 2.29. The Morgan fingerprint density at radius 3 is 2.38 bits per heavy atom. The lowest BCUT2D eigenvalue weighted by Gasteiger charge is -2.26. The lowest BCUT2D eigenvalue weighted by molar-refractivity contribution is -0.119. The van der Waals surface area contributed by atoms with Gasteiger partial charge in [0.15, 0.2) is 0 Å². The average molecular weight is 320 g/mol. The number of benzene rings is 1. The second kappa shape index (κ2) is 6.70. The molecule has 0 aliphatic rings. The number of rotatable bonds is 4. The summed E-state index contributed by atoms with van der Waals surface area (Å²) in [5.41, 5.74) is 5.75. The second-order valence-electron chi connectivity index (χ2n) is 5.73. The van der Waals surface area contributed by atoms with Crippen LogP contribution in [0.4, 0.5) is 18.9 Å². The summed E-state index contributed by atoms with van der Waals surface area (Å²) in [6.45, 7) is 5.46. The summed E-state index contributed by atoms with van der Waals surface area (Å²) < 4.78 is 36.9. The number of para-hydroxylation sites is 1. The number of nitrogens with one attached hydrogen (secondary N) is 1. The Morgan fingerprint density at radius 1 is 1.29 bits per heavy atom. The lowest BCUT2D eigenvalue weighted by Crippen LogP contribution is -2.45. The molecule has 118 valence electrons. The van der Waals surface area contributed by atoms with Crippen molar-refractivity contribution >= 4 is 23.4 Å². The molecule has 0 aliphatic carbocycles. The number of hydrogen-bond donors (Lipinski definition) is 2. The smallest absolute Gasteiger partial charge is 0.324 e. The van der Waals surface area contributed by atoms with Crippen LogP contribution in [0, 0.1) is 5.41 Å². The third kappa shape index (κ3) is 5.97. The van der Waals surface area contributed by atoms with Gasteiger partial charge in [0.25, 0.3) is 0 Å². The van der Waals surface area contributed by atoms with Gasteiger partial charge in [-0.25, -0.2) is 0 Å². The van der Waals surface area contributed by atoms with E-state index in [2.05, 4.69) is 5.32 Å². The van der Waals surface area contributed by atoms with Crippen molar-refractivity contribution in [2.75, 3.05) is 11.1 Å². The van der Waals surface area contributed by atoms with Crippen molar-refractivity contribution in [1.82, 2.24) is 0 Å². The van der Waals surface area contributed by atoms with Gasteiger partial charge in [0.05, 0.1) is 17.5 Å². The normalized spacial score (nSPS) is 13.9. The molecule has 1 aromatic carbocycles. The Bertz CT molecular complexity index is 498. The highest BCUT2D eigenvalue weighted by Crippen LogP contribution is 2.32. The zero-order chi connectivity index (χ0) is 16.3. The molecule has 1 unspecified atom stereocenters. The Hall–Kier alpha value is -1.21. The Labute approximate surface area is 126 Å². The molecule has 0 spiro atoms. The zero-order valence-electron chi connectivity index (χ0n) is 12.1. The zero-order valence-corrected chi connectivity index (χ0v) is 12.9. The van der Waals surface area contributed by atoms with Crippen LogP contribution in [0.2, 0.25) is 0 Å². The third-order valence-corrected chi connectivity index (χ3v) is 3.89. The number of alkyl halides is 3. The molecule has 0 radical (unpaired) electrons. The van der Waals surface area contributed by atoms with E-state index >= 15 is 0 Å². The van der Waals surface area contributed by atoms with Crippen molar-refractivity contribution in [2.24, 2.45) is 11.1 Å². The molecule has 0 aliphatic heterocycles. The molecular formula is C14H19F3N2OS. The van der Waals surface area contributed by atoms with Crippen LogP contribution in [-0.2, 0) is 4.79 Å². The Balaban J connectivity index is 2.82. The van der Waals surface area contributed by atoms with Crippen molar-refractivity contribution < 1.29 is 18.0 Å². The van der Waals surface area contributed by atoms with Gasteiger partial charge in [-0.2, -0.15) is 13.2 Å². The number of anilines is 1. The summed E-state index contributed by atoms with van der Waals surface area (Å²) in [5, 5.41) is 2.60. The van der Waals surface area contributed by atoms with Gasteiger partial charge < -0.3 is 11.1 Å². The van der Waals surface area contributed by atoms with Crippen molar-refractivity contribution in [1.29, 1.82) is 0 Å². The molecular weight excluding hydrogens is 301 g/mol. The monoisotopic (exact) mass is 320 g/mol. The van der Waals surface area contributed by atoms with Crippen molar-refractivity contribution in [3.63, 3.8) is 0 Å². The van der Waals surface area contributed by atoms with Crippen molar-refractivity contribution in [3.8, 4) is 0 Å². The van der Waals surface area contributed by atoms with E-state index in [4.69, 9.17) is 5.73 Å². The maximum absolute atomic E-state index is 12.3. The van der Waals surface area contributed by atoms with Crippen molar-refractivity contribution in [3.05, 3.63) is 24.3 Å². The number of halogens is 3. The van der Waals surface area contributed by atoms with Gasteiger partial charge in [-0.3, -0.25) is 4.79 Å². The van der Waals surface area contributed by atoms with E-state index < -0.39 is 29.3 Å². The lowest BCUT2D eigenvalue weighted by atomic mass is 9.87. The fourth-order valence-electron chi connectivity index (χ4n) is 1.46. The molecule has 7 heteroatoms. The first kappa shape index (κ1) is 17.8. The minimum Gasteiger partial charge on any atom is -0.324 e. The summed E-state index contributed by atoms with van der Waals surface area (Å²) in [6.07, 6.45) is -4.26. The van der Waals surface area contributed by atoms with E-state index in [0.29, 0.717) is 22.3 Å². The highest BCUT2D eigenvalue weighted by atomic mass is 32.2. The molecule has 1 rings (SSSR count). The molecule has 0 saturated heterocycles. The predicted octanol–water partition coefficient (Wildman–Crippen LogP) is 3.65. The highest BCUT2D eigenvalue weighted by molar-refractivity contribution is 7.99. The van der Waals surface area contributed by atoms with Crippen LogP contribution in [0.1, 0.15) is 20.8 Å². The number of carbonyl (C=O) groups is 1. The number of carbonyl (C=O) groups excluding carboxylic acids is 1. The average Bonchev–Trinajstić information content (AvgIpc) is 2.34. The molecule has 0 bridgehead atoms. The van der Waals surface area contributed by atoms with E-state index in [-0.39, 0.29) is 0 Å². The van der Waals surface area contributed by atoms with Gasteiger partial charge in [-0.05, 0) is 17.5 Å². The molecule has 21 heavy (non-hydrogen) atoms. The van der Waals surface area contributed by atoms with Crippen molar-refractivity contribution in [2.45, 2.75) is 37.9 Å². The van der Waals surface area contributed by atoms with Gasteiger partial charge in [0, 0.05) is 4.90 Å². The van der Waals surface area contributed by atoms with E-state index in [1.54, 1.807) is 18.2 Å². The summed E-state index contributed by atoms with van der Waals surface area (Å²) in [5.74, 6) is -1.42. The van der Waals surface area contributed by atoms with Crippen LogP contribution in [-0.4, -0.2) is 23.9 Å². The van der Waals surface area contributed by atoms with E-state index in [1.165, 1.54) is 6.07 Å². The quantitative estimate of drug-likeness (QED) is 0.833. The molecule has 0 saturated carbocycles. The molecule has 0 aromatic heterocycles. The number of thioether (sulfide) groups is 1. The largest absolute Gasteiger partial charge is 0.398 e. The first-order valence-corrected chi connectivity index (χ1v) is 7.34. The first-order chi connectivity index (χ1) is 9.50. The van der Waals surface area contributed by atoms with Gasteiger partial charge >= 0.3 is 6.18 Å². The number of hydrogen-bond acceptors (Lipinski definition) is 3. The third-order valence-electron chi connectivity index (χ3n) is 2.75. The second-order valence-corrected chi connectivity index (χ2v) is 6.75. The molecule has 3 nitrogen and oxygen atoms in total. The summed E-state index contributed by atoms with van der Waals surface area (Å²) >= 11 is 0.635. The Kier molecular flexibility index (Phi) is 5.69. The summed E-state index contributed by atoms with van der Waals surface area (Å²) in [4.78, 5) is 12.4. The fourth-order valence-corrected chi connectivity index (χ4v) is 2.23. The van der Waals surface area contributed by atoms with Gasteiger partial charge in [0.2, 0.25) is 5.91 Å². The molecule has 1 amide bonds. The molecule has 1 atom stereocenters. The maximum atomic E-state index is 12.3. The minimum absolute atomic E-state index is 0.344. The van der Waals surface area contributed by atoms with Gasteiger partial charge in [0.1, 0.15) is 0 Å². The SMILES string of the molecule is CC(C)(C)C(N)C(=O)Nc1ccccc1SCC(F)(F)F. The van der Waals surface area contributed by atoms with Crippen LogP contribution < -0.4 is 11.1 Å². The molecule has 0 fully saturated rings. The van der Waals surface area contributed by atoms with Crippen LogP contribution in [0.3, 0.4) is 0 Å². The summed E-state index contributed by atoms with van der Waals surface area (Å²) in [6, 6.07) is 5.62. The van der Waals surface area contributed by atoms with Crippen LogP contribution in [0.15, 0.2) is 29.2 Å². The maximum Gasteiger partial charge on any atom is 0.398 e. The van der Waals surface area contributed by atoms with E-state index in [9.17, 15) is 18.0 Å². The van der Waals surface area contributed by atoms with Crippen LogP contribution >= 0.6 is 11.8 Å². The first-order valence-electron chi connectivity index (χ1n) is 6.36. The van der Waals surface area contributed by atoms with E-state index in [0.717, 1.165) is 0 Å². The predicted molar refractivity (Wildman–Crippen MR) is 79.3 cm³/mol. The molecule has 3 N–H and O–H groups in total. The number of nitrogens with two attached hydrogens (primary N) is 1. The topological polar surface area (TPSA) is 55.1 Å². The molecule has 1 aromatic rings. The van der Waals surface area contributed by atoms with Crippen LogP contribution in [0.25, 0.3) is 0 Å². The van der Waals surface area contributed by atoms with Crippen LogP contribution in [0.5, 0.6) is 0 Å². The van der Waals surface area contributed by atoms with E-state index in [1.807, 2.05) is 20.8 Å². The van der Waals surface area contributed by atoms with Gasteiger partial charge in [-0.1, -0.05) is 32.9 Å². The minimum atomic E-state index is -4.26. The summed E-state index contributed by atoms with van der Waals surface area (Å²) in [7, 11) is 0. The fraction of sp³-hybridized carbons (Fsp3) is 0.500. The molecule has 0 heterocycles. The van der Waals surface area contributed by atoms with Gasteiger partial charge in [-0.15, -0.1) is 11.8 Å². The number of amides is 1.